The molecule has 0 spiro atoms. The lowest BCUT2D eigenvalue weighted by Gasteiger charge is -2.06. The summed E-state index contributed by atoms with van der Waals surface area (Å²) in [6, 6.07) is 3.54. The number of rotatable bonds is 2. The molecule has 0 fully saturated rings. The summed E-state index contributed by atoms with van der Waals surface area (Å²) in [5.41, 5.74) is 1.28. The van der Waals surface area contributed by atoms with Gasteiger partial charge in [0.2, 0.25) is 0 Å². The molecule has 0 saturated heterocycles. The molecule has 0 bridgehead atoms. The number of hydrogen-bond donors (Lipinski definition) is 1. The van der Waals surface area contributed by atoms with Crippen LogP contribution in [0.4, 0.5) is 0 Å². The number of aliphatic carboxylic acids is 1. The van der Waals surface area contributed by atoms with Gasteiger partial charge in [-0.1, -0.05) is 6.07 Å². The number of aromatic nitrogens is 3. The van der Waals surface area contributed by atoms with Gasteiger partial charge >= 0.3 is 5.97 Å². The van der Waals surface area contributed by atoms with Crippen molar-refractivity contribution in [3.8, 4) is 0 Å². The molecular formula is C9H9N3O2. The Morgan fingerprint density at radius 2 is 2.43 bits per heavy atom. The van der Waals surface area contributed by atoms with Crippen molar-refractivity contribution >= 4 is 11.6 Å². The van der Waals surface area contributed by atoms with E-state index in [1.807, 2.05) is 0 Å². The molecule has 1 N–H and O–H groups in total. The van der Waals surface area contributed by atoms with Gasteiger partial charge in [0.15, 0.2) is 5.65 Å². The van der Waals surface area contributed by atoms with Crippen LogP contribution in [0, 0.1) is 0 Å². The summed E-state index contributed by atoms with van der Waals surface area (Å²) < 4.78 is 1.70. The van der Waals surface area contributed by atoms with Gasteiger partial charge in [-0.25, -0.2) is 0 Å². The van der Waals surface area contributed by atoms with Gasteiger partial charge in [-0.05, 0) is 13.0 Å². The Morgan fingerprint density at radius 1 is 1.64 bits per heavy atom. The minimum Gasteiger partial charge on any atom is -0.481 e. The fourth-order valence-corrected chi connectivity index (χ4v) is 1.34. The Morgan fingerprint density at radius 3 is 3.14 bits per heavy atom. The van der Waals surface area contributed by atoms with Crippen molar-refractivity contribution in [2.75, 3.05) is 0 Å². The SMILES string of the molecule is CC(C(=O)O)c1cccn2cnnc12. The minimum absolute atomic E-state index is 0.567. The molecule has 0 aliphatic heterocycles. The summed E-state index contributed by atoms with van der Waals surface area (Å²) in [5.74, 6) is -1.43. The van der Waals surface area contributed by atoms with E-state index in [1.165, 1.54) is 0 Å². The number of pyridine rings is 1. The van der Waals surface area contributed by atoms with Crippen LogP contribution in [0.3, 0.4) is 0 Å². The molecule has 1 atom stereocenters. The average molecular weight is 191 g/mol. The number of carboxylic acids is 1. The Kier molecular flexibility index (Phi) is 1.92. The second kappa shape index (κ2) is 3.10. The molecule has 5 nitrogen and oxygen atoms in total. The molecule has 2 rings (SSSR count). The fraction of sp³-hybridized carbons (Fsp3) is 0.222. The highest BCUT2D eigenvalue weighted by Gasteiger charge is 2.17. The first kappa shape index (κ1) is 8.68. The zero-order valence-corrected chi connectivity index (χ0v) is 7.58. The monoisotopic (exact) mass is 191 g/mol. The normalized spacial score (nSPS) is 12.9. The first-order valence-corrected chi connectivity index (χ1v) is 4.21. The van der Waals surface area contributed by atoms with Crippen molar-refractivity contribution in [1.82, 2.24) is 14.6 Å². The van der Waals surface area contributed by atoms with Crippen LogP contribution in [0.25, 0.3) is 5.65 Å². The number of nitrogens with zero attached hydrogens (tertiary/aromatic N) is 3. The van der Waals surface area contributed by atoms with Crippen LogP contribution in [-0.2, 0) is 4.79 Å². The topological polar surface area (TPSA) is 67.5 Å². The first-order valence-electron chi connectivity index (χ1n) is 4.21. The minimum atomic E-state index is -0.860. The molecule has 72 valence electrons. The molecule has 2 aromatic heterocycles. The molecule has 5 heteroatoms. The van der Waals surface area contributed by atoms with Gasteiger partial charge in [0.1, 0.15) is 6.33 Å². The smallest absolute Gasteiger partial charge is 0.310 e. The van der Waals surface area contributed by atoms with Crippen molar-refractivity contribution in [2.45, 2.75) is 12.8 Å². The summed E-state index contributed by atoms with van der Waals surface area (Å²) in [6.45, 7) is 1.63. The molecular weight excluding hydrogens is 182 g/mol. The second-order valence-electron chi connectivity index (χ2n) is 3.09. The quantitative estimate of drug-likeness (QED) is 0.766. The van der Waals surface area contributed by atoms with Crippen molar-refractivity contribution in [3.63, 3.8) is 0 Å². The average Bonchev–Trinajstić information content (AvgIpc) is 2.63. The van der Waals surface area contributed by atoms with E-state index in [1.54, 1.807) is 36.0 Å². The lowest BCUT2D eigenvalue weighted by atomic mass is 10.0. The molecule has 0 saturated carbocycles. The third kappa shape index (κ3) is 1.22. The first-order chi connectivity index (χ1) is 6.70. The molecule has 2 aromatic rings. The number of hydrogen-bond acceptors (Lipinski definition) is 3. The van der Waals surface area contributed by atoms with E-state index >= 15 is 0 Å². The molecule has 0 aliphatic carbocycles. The lowest BCUT2D eigenvalue weighted by molar-refractivity contribution is -0.138. The highest BCUT2D eigenvalue weighted by atomic mass is 16.4. The standard InChI is InChI=1S/C9H9N3O2/c1-6(9(13)14)7-3-2-4-12-5-10-11-8(7)12/h2-6H,1H3,(H,13,14). The molecule has 0 radical (unpaired) electrons. The Balaban J connectivity index is 2.61. The van der Waals surface area contributed by atoms with Crippen LogP contribution in [-0.4, -0.2) is 25.7 Å². The van der Waals surface area contributed by atoms with Crippen molar-refractivity contribution in [3.05, 3.63) is 30.2 Å². The third-order valence-electron chi connectivity index (χ3n) is 2.19. The summed E-state index contributed by atoms with van der Waals surface area (Å²) >= 11 is 0. The van der Waals surface area contributed by atoms with Gasteiger partial charge in [-0.15, -0.1) is 10.2 Å². The predicted molar refractivity (Wildman–Crippen MR) is 49.0 cm³/mol. The fourth-order valence-electron chi connectivity index (χ4n) is 1.34. The summed E-state index contributed by atoms with van der Waals surface area (Å²) in [4.78, 5) is 10.8. The largest absolute Gasteiger partial charge is 0.481 e. The van der Waals surface area contributed by atoms with Gasteiger partial charge in [0.25, 0.3) is 0 Å². The second-order valence-corrected chi connectivity index (χ2v) is 3.09. The molecule has 0 aliphatic rings. The zero-order chi connectivity index (χ0) is 10.1. The van der Waals surface area contributed by atoms with E-state index in [0.717, 1.165) is 0 Å². The summed E-state index contributed by atoms with van der Waals surface area (Å²) in [7, 11) is 0. The van der Waals surface area contributed by atoms with Crippen molar-refractivity contribution < 1.29 is 9.90 Å². The van der Waals surface area contributed by atoms with E-state index in [2.05, 4.69) is 10.2 Å². The number of carboxylic acid groups (broad SMARTS) is 1. The van der Waals surface area contributed by atoms with E-state index in [0.29, 0.717) is 11.2 Å². The molecule has 0 amide bonds. The highest BCUT2D eigenvalue weighted by molar-refractivity contribution is 5.78. The van der Waals surface area contributed by atoms with Gasteiger partial charge in [-0.3, -0.25) is 9.20 Å². The number of fused-ring (bicyclic) bond motifs is 1. The molecule has 0 aromatic carbocycles. The van der Waals surface area contributed by atoms with Gasteiger partial charge in [0.05, 0.1) is 5.92 Å². The Bertz CT molecular complexity index is 478. The van der Waals surface area contributed by atoms with Gasteiger partial charge < -0.3 is 5.11 Å². The Labute approximate surface area is 80.0 Å². The van der Waals surface area contributed by atoms with E-state index in [9.17, 15) is 4.79 Å². The maximum absolute atomic E-state index is 10.8. The van der Waals surface area contributed by atoms with Crippen LogP contribution in [0.15, 0.2) is 24.7 Å². The predicted octanol–water partition coefficient (Wildman–Crippen LogP) is 0.917. The van der Waals surface area contributed by atoms with Crippen LogP contribution in [0.1, 0.15) is 18.4 Å². The van der Waals surface area contributed by atoms with Crippen LogP contribution < -0.4 is 0 Å². The summed E-state index contributed by atoms with van der Waals surface area (Å²) in [5, 5.41) is 16.5. The van der Waals surface area contributed by atoms with Gasteiger partial charge in [-0.2, -0.15) is 0 Å². The number of carbonyl (C=O) groups is 1. The Hall–Kier alpha value is -1.91. The van der Waals surface area contributed by atoms with Crippen molar-refractivity contribution in [1.29, 1.82) is 0 Å². The van der Waals surface area contributed by atoms with E-state index in [4.69, 9.17) is 5.11 Å². The van der Waals surface area contributed by atoms with Crippen molar-refractivity contribution in [2.24, 2.45) is 0 Å². The maximum Gasteiger partial charge on any atom is 0.310 e. The van der Waals surface area contributed by atoms with Crippen LogP contribution >= 0.6 is 0 Å². The molecule has 2 heterocycles. The third-order valence-corrected chi connectivity index (χ3v) is 2.19. The van der Waals surface area contributed by atoms with Crippen LogP contribution in [0.2, 0.25) is 0 Å². The highest BCUT2D eigenvalue weighted by Crippen LogP contribution is 2.18. The van der Waals surface area contributed by atoms with E-state index < -0.39 is 11.9 Å². The van der Waals surface area contributed by atoms with Gasteiger partial charge in [0, 0.05) is 11.8 Å². The van der Waals surface area contributed by atoms with E-state index in [-0.39, 0.29) is 0 Å². The maximum atomic E-state index is 10.8. The zero-order valence-electron chi connectivity index (χ0n) is 7.58. The summed E-state index contributed by atoms with van der Waals surface area (Å²) in [6.07, 6.45) is 3.33. The molecule has 14 heavy (non-hydrogen) atoms. The lowest BCUT2D eigenvalue weighted by Crippen LogP contribution is -2.08. The van der Waals surface area contributed by atoms with Crippen LogP contribution in [0.5, 0.6) is 0 Å². The molecule has 1 unspecified atom stereocenters.